The van der Waals surface area contributed by atoms with Crippen LogP contribution in [0.3, 0.4) is 0 Å². The second-order valence-corrected chi connectivity index (χ2v) is 2.62. The van der Waals surface area contributed by atoms with Crippen LogP contribution in [0.2, 0.25) is 0 Å². The summed E-state index contributed by atoms with van der Waals surface area (Å²) in [5.41, 5.74) is 0. The van der Waals surface area contributed by atoms with Gasteiger partial charge in [0.1, 0.15) is 0 Å². The zero-order chi connectivity index (χ0) is 5.98. The molecule has 0 amide bonds. The first-order valence-corrected chi connectivity index (χ1v) is 3.26. The summed E-state index contributed by atoms with van der Waals surface area (Å²) in [6, 6.07) is 1.32. The maximum atomic E-state index is 3.37. The van der Waals surface area contributed by atoms with Crippen LogP contribution in [0.4, 0.5) is 0 Å². The molecular formula is C6H16Cl2N2. The molecule has 0 aromatic heterocycles. The van der Waals surface area contributed by atoms with Gasteiger partial charge in [-0.05, 0) is 13.8 Å². The van der Waals surface area contributed by atoms with Crippen molar-refractivity contribution in [2.24, 2.45) is 0 Å². The lowest BCUT2D eigenvalue weighted by Crippen LogP contribution is -2.51. The Labute approximate surface area is 75.0 Å². The molecule has 2 N–H and O–H groups in total. The Morgan fingerprint density at radius 3 is 1.40 bits per heavy atom. The van der Waals surface area contributed by atoms with Gasteiger partial charge in [-0.15, -0.1) is 24.8 Å². The summed E-state index contributed by atoms with van der Waals surface area (Å²) in [7, 11) is 0. The highest BCUT2D eigenvalue weighted by molar-refractivity contribution is 5.85. The summed E-state index contributed by atoms with van der Waals surface area (Å²) in [5, 5.41) is 6.74. The van der Waals surface area contributed by atoms with Gasteiger partial charge in [-0.25, -0.2) is 0 Å². The van der Waals surface area contributed by atoms with E-state index >= 15 is 0 Å². The predicted molar refractivity (Wildman–Crippen MR) is 49.4 cm³/mol. The number of halogens is 2. The maximum absolute atomic E-state index is 3.37. The van der Waals surface area contributed by atoms with Crippen molar-refractivity contribution in [2.75, 3.05) is 13.1 Å². The van der Waals surface area contributed by atoms with Crippen molar-refractivity contribution in [3.8, 4) is 0 Å². The van der Waals surface area contributed by atoms with Gasteiger partial charge in [0.2, 0.25) is 0 Å². The maximum Gasteiger partial charge on any atom is 0.0164 e. The molecule has 1 aliphatic rings. The van der Waals surface area contributed by atoms with E-state index in [0.29, 0.717) is 12.1 Å². The number of piperazine rings is 1. The van der Waals surface area contributed by atoms with Crippen LogP contribution in [0.15, 0.2) is 0 Å². The Kier molecular flexibility index (Phi) is 8.17. The molecule has 2 nitrogen and oxygen atoms in total. The molecule has 2 atom stereocenters. The van der Waals surface area contributed by atoms with Gasteiger partial charge < -0.3 is 10.6 Å². The van der Waals surface area contributed by atoms with Crippen LogP contribution < -0.4 is 10.6 Å². The molecule has 0 radical (unpaired) electrons. The van der Waals surface area contributed by atoms with Gasteiger partial charge in [0, 0.05) is 25.2 Å². The molecule has 0 spiro atoms. The fraction of sp³-hybridized carbons (Fsp3) is 1.00. The Bertz CT molecular complexity index is 62.1. The van der Waals surface area contributed by atoms with Gasteiger partial charge >= 0.3 is 0 Å². The average molecular weight is 187 g/mol. The Hall–Kier alpha value is 0.500. The van der Waals surface area contributed by atoms with E-state index in [2.05, 4.69) is 24.5 Å². The molecule has 1 saturated heterocycles. The monoisotopic (exact) mass is 186 g/mol. The number of nitrogens with one attached hydrogen (secondary N) is 2. The minimum atomic E-state index is 0. The summed E-state index contributed by atoms with van der Waals surface area (Å²) in [4.78, 5) is 0. The van der Waals surface area contributed by atoms with Gasteiger partial charge in [-0.2, -0.15) is 0 Å². The lowest BCUT2D eigenvalue weighted by Gasteiger charge is -2.26. The zero-order valence-electron chi connectivity index (χ0n) is 6.39. The van der Waals surface area contributed by atoms with E-state index in [4.69, 9.17) is 0 Å². The van der Waals surface area contributed by atoms with Crippen molar-refractivity contribution in [3.63, 3.8) is 0 Å². The summed E-state index contributed by atoms with van der Waals surface area (Å²) in [5.74, 6) is 0. The first-order chi connectivity index (χ1) is 3.79. The zero-order valence-corrected chi connectivity index (χ0v) is 8.02. The Morgan fingerprint density at radius 2 is 1.20 bits per heavy atom. The first kappa shape index (κ1) is 13.1. The van der Waals surface area contributed by atoms with Crippen LogP contribution in [-0.2, 0) is 0 Å². The summed E-state index contributed by atoms with van der Waals surface area (Å²) >= 11 is 0. The highest BCUT2D eigenvalue weighted by Gasteiger charge is 2.10. The summed E-state index contributed by atoms with van der Waals surface area (Å²) in [6.45, 7) is 6.61. The van der Waals surface area contributed by atoms with Crippen molar-refractivity contribution in [1.29, 1.82) is 0 Å². The fourth-order valence-electron chi connectivity index (χ4n) is 0.900. The lowest BCUT2D eigenvalue weighted by molar-refractivity contribution is 0.376. The van der Waals surface area contributed by atoms with Gasteiger partial charge in [-0.1, -0.05) is 0 Å². The van der Waals surface area contributed by atoms with Crippen molar-refractivity contribution >= 4 is 24.8 Å². The number of hydrogen-bond acceptors (Lipinski definition) is 2. The Morgan fingerprint density at radius 1 is 0.900 bits per heavy atom. The third kappa shape index (κ3) is 4.34. The van der Waals surface area contributed by atoms with Gasteiger partial charge in [-0.3, -0.25) is 0 Å². The minimum Gasteiger partial charge on any atom is -0.311 e. The molecule has 1 aliphatic heterocycles. The van der Waals surface area contributed by atoms with Crippen molar-refractivity contribution in [3.05, 3.63) is 0 Å². The van der Waals surface area contributed by atoms with Crippen LogP contribution in [-0.4, -0.2) is 25.2 Å². The summed E-state index contributed by atoms with van der Waals surface area (Å²) < 4.78 is 0. The van der Waals surface area contributed by atoms with Crippen molar-refractivity contribution < 1.29 is 0 Å². The Balaban J connectivity index is 0. The molecule has 10 heavy (non-hydrogen) atoms. The molecule has 64 valence electrons. The second kappa shape index (κ2) is 6.23. The van der Waals surface area contributed by atoms with Crippen LogP contribution in [0.1, 0.15) is 13.8 Å². The molecule has 4 heteroatoms. The summed E-state index contributed by atoms with van der Waals surface area (Å²) in [6.07, 6.45) is 0. The quantitative estimate of drug-likeness (QED) is 0.586. The fourth-order valence-corrected chi connectivity index (χ4v) is 0.900. The second-order valence-electron chi connectivity index (χ2n) is 2.62. The molecule has 0 bridgehead atoms. The van der Waals surface area contributed by atoms with E-state index in [1.165, 1.54) is 0 Å². The van der Waals surface area contributed by atoms with E-state index in [9.17, 15) is 0 Å². The van der Waals surface area contributed by atoms with E-state index in [-0.39, 0.29) is 24.8 Å². The molecule has 0 aromatic carbocycles. The van der Waals surface area contributed by atoms with E-state index < -0.39 is 0 Å². The van der Waals surface area contributed by atoms with Gasteiger partial charge in [0.05, 0.1) is 0 Å². The average Bonchev–Trinajstić information content (AvgIpc) is 1.77. The molecule has 1 fully saturated rings. The number of hydrogen-bond donors (Lipinski definition) is 2. The molecule has 1 rings (SSSR count). The smallest absolute Gasteiger partial charge is 0.0164 e. The normalized spacial score (nSPS) is 31.8. The lowest BCUT2D eigenvalue weighted by atomic mass is 10.2. The largest absolute Gasteiger partial charge is 0.311 e. The van der Waals surface area contributed by atoms with Gasteiger partial charge in [0.15, 0.2) is 0 Å². The van der Waals surface area contributed by atoms with Crippen molar-refractivity contribution in [2.45, 2.75) is 25.9 Å². The van der Waals surface area contributed by atoms with Crippen molar-refractivity contribution in [1.82, 2.24) is 10.6 Å². The van der Waals surface area contributed by atoms with Crippen LogP contribution in [0, 0.1) is 0 Å². The molecule has 1 unspecified atom stereocenters. The minimum absolute atomic E-state index is 0. The number of rotatable bonds is 0. The predicted octanol–water partition coefficient (Wildman–Crippen LogP) is 0.800. The molecule has 0 aromatic rings. The molecule has 1 heterocycles. The highest BCUT2D eigenvalue weighted by Crippen LogP contribution is 1.89. The molecule has 0 saturated carbocycles. The topological polar surface area (TPSA) is 24.1 Å². The van der Waals surface area contributed by atoms with E-state index in [1.54, 1.807) is 0 Å². The molecular weight excluding hydrogens is 171 g/mol. The first-order valence-electron chi connectivity index (χ1n) is 3.26. The van der Waals surface area contributed by atoms with Crippen LogP contribution >= 0.6 is 24.8 Å². The van der Waals surface area contributed by atoms with Crippen LogP contribution in [0.25, 0.3) is 0 Å². The van der Waals surface area contributed by atoms with E-state index in [0.717, 1.165) is 13.1 Å². The third-order valence-corrected chi connectivity index (χ3v) is 1.54. The third-order valence-electron chi connectivity index (χ3n) is 1.54. The van der Waals surface area contributed by atoms with Crippen LogP contribution in [0.5, 0.6) is 0 Å². The SMILES string of the molecule is CC1CN[C@@H](C)CN1.Cl.Cl. The van der Waals surface area contributed by atoms with E-state index in [1.807, 2.05) is 0 Å². The molecule has 0 aliphatic carbocycles. The highest BCUT2D eigenvalue weighted by atomic mass is 35.5. The van der Waals surface area contributed by atoms with Gasteiger partial charge in [0.25, 0.3) is 0 Å². The standard InChI is InChI=1S/C6H14N2.2ClH/c1-5-3-8-6(2)4-7-5;;/h5-8H,3-4H2,1-2H3;2*1H/t5-,6?;;/m0../s1.